The number of carbonyl (C=O) groups is 1. The number of carbonyl (C=O) groups excluding carboxylic acids is 1. The maximum atomic E-state index is 13.5. The molecule has 140 valence electrons. The van der Waals surface area contributed by atoms with E-state index < -0.39 is 17.2 Å². The second kappa shape index (κ2) is 7.13. The van der Waals surface area contributed by atoms with Crippen LogP contribution in [-0.4, -0.2) is 20.9 Å². The number of nitrogens with zero attached hydrogens (tertiary/aromatic N) is 3. The molecule has 26 heavy (non-hydrogen) atoms. The van der Waals surface area contributed by atoms with Gasteiger partial charge in [-0.2, -0.15) is 0 Å². The number of halogens is 2. The lowest BCUT2D eigenvalue weighted by Crippen LogP contribution is -2.41. The Morgan fingerprint density at radius 2 is 1.96 bits per heavy atom. The molecule has 1 saturated carbocycles. The largest absolute Gasteiger partial charge is 0.342 e. The molecular weight excluding hydrogens is 338 g/mol. The van der Waals surface area contributed by atoms with Gasteiger partial charge in [-0.25, -0.2) is 13.5 Å². The van der Waals surface area contributed by atoms with E-state index in [0.717, 1.165) is 24.4 Å². The van der Waals surface area contributed by atoms with Crippen molar-refractivity contribution >= 4 is 5.91 Å². The summed E-state index contributed by atoms with van der Waals surface area (Å²) < 4.78 is 28.5. The monoisotopic (exact) mass is 362 g/mol. The van der Waals surface area contributed by atoms with Crippen molar-refractivity contribution in [2.75, 3.05) is 0 Å². The predicted octanol–water partition coefficient (Wildman–Crippen LogP) is 3.72. The Morgan fingerprint density at radius 1 is 1.27 bits per heavy atom. The molecule has 1 heterocycles. The van der Waals surface area contributed by atoms with Gasteiger partial charge in [-0.3, -0.25) is 4.79 Å². The van der Waals surface area contributed by atoms with Gasteiger partial charge >= 0.3 is 0 Å². The molecule has 0 unspecified atom stereocenters. The molecule has 3 rings (SSSR count). The Balaban J connectivity index is 1.74. The summed E-state index contributed by atoms with van der Waals surface area (Å²) in [6.07, 6.45) is 4.86. The Morgan fingerprint density at radius 3 is 2.62 bits per heavy atom. The lowest BCUT2D eigenvalue weighted by molar-refractivity contribution is 0.0906. The Labute approximate surface area is 151 Å². The van der Waals surface area contributed by atoms with Crippen LogP contribution in [0.3, 0.4) is 0 Å². The van der Waals surface area contributed by atoms with Gasteiger partial charge in [0.05, 0.1) is 11.2 Å². The van der Waals surface area contributed by atoms with Crippen LogP contribution in [0.4, 0.5) is 8.78 Å². The summed E-state index contributed by atoms with van der Waals surface area (Å²) in [6.45, 7) is 6.07. The van der Waals surface area contributed by atoms with Gasteiger partial charge in [0, 0.05) is 6.54 Å². The second-order valence-electron chi connectivity index (χ2n) is 7.56. The van der Waals surface area contributed by atoms with Crippen LogP contribution in [0.2, 0.25) is 0 Å². The summed E-state index contributed by atoms with van der Waals surface area (Å²) in [5, 5.41) is 11.0. The molecule has 1 N–H and O–H groups in total. The van der Waals surface area contributed by atoms with E-state index in [4.69, 9.17) is 0 Å². The fourth-order valence-corrected chi connectivity index (χ4v) is 3.48. The fourth-order valence-electron chi connectivity index (χ4n) is 3.48. The summed E-state index contributed by atoms with van der Waals surface area (Å²) in [5.41, 5.74) is 0.572. The number of rotatable bonds is 5. The van der Waals surface area contributed by atoms with Crippen LogP contribution in [-0.2, 0) is 12.1 Å². The van der Waals surface area contributed by atoms with Gasteiger partial charge in [0.1, 0.15) is 0 Å². The number of nitrogens with one attached hydrogen (secondary N) is 1. The van der Waals surface area contributed by atoms with Crippen LogP contribution in [0.1, 0.15) is 61.3 Å². The summed E-state index contributed by atoms with van der Waals surface area (Å²) in [7, 11) is 0. The molecule has 0 bridgehead atoms. The number of hydrogen-bond donors (Lipinski definition) is 1. The van der Waals surface area contributed by atoms with E-state index in [9.17, 15) is 13.6 Å². The zero-order valence-electron chi connectivity index (χ0n) is 15.4. The predicted molar refractivity (Wildman–Crippen MR) is 93.6 cm³/mol. The summed E-state index contributed by atoms with van der Waals surface area (Å²) in [4.78, 5) is 12.7. The van der Waals surface area contributed by atoms with Crippen molar-refractivity contribution in [1.82, 2.24) is 20.3 Å². The van der Waals surface area contributed by atoms with E-state index in [1.807, 2.05) is 6.92 Å². The third-order valence-corrected chi connectivity index (χ3v) is 5.17. The number of hydrogen-bond acceptors (Lipinski definition) is 3. The molecule has 1 aliphatic carbocycles. The van der Waals surface area contributed by atoms with Crippen molar-refractivity contribution < 1.29 is 13.6 Å². The molecule has 0 spiro atoms. The average molecular weight is 362 g/mol. The van der Waals surface area contributed by atoms with E-state index in [2.05, 4.69) is 15.6 Å². The smallest absolute Gasteiger partial charge is 0.274 e. The van der Waals surface area contributed by atoms with Crippen LogP contribution in [0.15, 0.2) is 18.2 Å². The number of amides is 1. The average Bonchev–Trinajstić information content (AvgIpc) is 3.20. The Kier molecular flexibility index (Phi) is 5.07. The summed E-state index contributed by atoms with van der Waals surface area (Å²) in [5.74, 6) is -1.65. The molecule has 0 aliphatic heterocycles. The van der Waals surface area contributed by atoms with Crippen LogP contribution < -0.4 is 5.32 Å². The molecule has 0 radical (unpaired) electrons. The van der Waals surface area contributed by atoms with Crippen LogP contribution in [0, 0.1) is 24.5 Å². The lowest BCUT2D eigenvalue weighted by atomic mass is 9.94. The van der Waals surface area contributed by atoms with E-state index >= 15 is 0 Å². The topological polar surface area (TPSA) is 59.8 Å². The van der Waals surface area contributed by atoms with E-state index in [-0.39, 0.29) is 11.6 Å². The minimum atomic E-state index is -0.941. The van der Waals surface area contributed by atoms with Gasteiger partial charge in [-0.15, -0.1) is 5.10 Å². The van der Waals surface area contributed by atoms with Crippen molar-refractivity contribution in [2.45, 2.75) is 58.5 Å². The second-order valence-corrected chi connectivity index (χ2v) is 7.56. The third-order valence-electron chi connectivity index (χ3n) is 5.17. The van der Waals surface area contributed by atoms with E-state index in [0.29, 0.717) is 11.5 Å². The molecule has 0 atom stereocenters. The molecule has 1 aliphatic rings. The first-order valence-electron chi connectivity index (χ1n) is 8.96. The van der Waals surface area contributed by atoms with Crippen LogP contribution in [0.25, 0.3) is 0 Å². The van der Waals surface area contributed by atoms with Gasteiger partial charge in [-0.05, 0) is 57.2 Å². The first-order valence-corrected chi connectivity index (χ1v) is 8.96. The maximum absolute atomic E-state index is 13.5. The number of aromatic nitrogens is 3. The highest BCUT2D eigenvalue weighted by Gasteiger charge is 2.28. The molecule has 1 fully saturated rings. The normalized spacial score (nSPS) is 15.4. The molecular formula is C19H24F2N4O. The molecule has 1 aromatic carbocycles. The summed E-state index contributed by atoms with van der Waals surface area (Å²) >= 11 is 0. The Bertz CT molecular complexity index is 810. The van der Waals surface area contributed by atoms with Gasteiger partial charge in [0.25, 0.3) is 5.91 Å². The van der Waals surface area contributed by atoms with E-state index in [1.165, 1.54) is 31.7 Å². The van der Waals surface area contributed by atoms with Crippen LogP contribution in [0.5, 0.6) is 0 Å². The van der Waals surface area contributed by atoms with Gasteiger partial charge in [0.2, 0.25) is 0 Å². The minimum absolute atomic E-state index is 0.263. The van der Waals surface area contributed by atoms with Gasteiger partial charge in [0.15, 0.2) is 17.3 Å². The molecule has 7 heteroatoms. The van der Waals surface area contributed by atoms with Gasteiger partial charge in [-0.1, -0.05) is 24.1 Å². The highest BCUT2D eigenvalue weighted by molar-refractivity contribution is 5.93. The zero-order valence-corrected chi connectivity index (χ0v) is 15.4. The van der Waals surface area contributed by atoms with Crippen molar-refractivity contribution in [2.24, 2.45) is 5.92 Å². The van der Waals surface area contributed by atoms with Crippen molar-refractivity contribution in [1.29, 1.82) is 0 Å². The van der Waals surface area contributed by atoms with E-state index in [1.54, 1.807) is 18.5 Å². The molecule has 2 aromatic rings. The first kappa shape index (κ1) is 18.5. The molecule has 0 saturated heterocycles. The maximum Gasteiger partial charge on any atom is 0.274 e. The molecule has 1 aromatic heterocycles. The number of benzene rings is 1. The molecule has 5 nitrogen and oxygen atoms in total. The van der Waals surface area contributed by atoms with Crippen molar-refractivity contribution in [3.63, 3.8) is 0 Å². The lowest BCUT2D eigenvalue weighted by Gasteiger charge is -2.26. The highest BCUT2D eigenvalue weighted by atomic mass is 19.2. The SMILES string of the molecule is Cc1c(C(=O)NC(C)(C)c2ccc(F)c(F)c2)nnn1CC1CCCC1. The summed E-state index contributed by atoms with van der Waals surface area (Å²) in [6, 6.07) is 3.61. The standard InChI is InChI=1S/C19H24F2N4O/c1-12-17(23-24-25(12)11-13-6-4-5-7-13)18(26)22-19(2,3)14-8-9-15(20)16(21)10-14/h8-10,13H,4-7,11H2,1-3H3,(H,22,26). The fraction of sp³-hybridized carbons (Fsp3) is 0.526. The minimum Gasteiger partial charge on any atom is -0.342 e. The zero-order chi connectivity index (χ0) is 18.9. The molecule has 1 amide bonds. The van der Waals surface area contributed by atoms with Gasteiger partial charge < -0.3 is 5.32 Å². The van der Waals surface area contributed by atoms with Crippen molar-refractivity contribution in [3.05, 3.63) is 46.8 Å². The third kappa shape index (κ3) is 3.76. The van der Waals surface area contributed by atoms with Crippen LogP contribution >= 0.6 is 0 Å². The Hall–Kier alpha value is -2.31. The highest BCUT2D eigenvalue weighted by Crippen LogP contribution is 2.27. The first-order chi connectivity index (χ1) is 12.3. The quantitative estimate of drug-likeness (QED) is 0.882. The van der Waals surface area contributed by atoms with Crippen molar-refractivity contribution in [3.8, 4) is 0 Å².